The van der Waals surface area contributed by atoms with E-state index in [2.05, 4.69) is 73.1 Å². The highest BCUT2D eigenvalue weighted by Gasteiger charge is 2.51. The number of nitrogen functional groups attached to an aromatic ring is 1. The van der Waals surface area contributed by atoms with Crippen LogP contribution in [-0.4, -0.2) is 59.1 Å². The second-order valence-electron chi connectivity index (χ2n) is 13.4. The predicted molar refractivity (Wildman–Crippen MR) is 187 cm³/mol. The smallest absolute Gasteiger partial charge is 0.192 e. The highest BCUT2D eigenvalue weighted by atomic mass is 35.5. The molecule has 2 aromatic heterocycles. The van der Waals surface area contributed by atoms with Gasteiger partial charge in [-0.1, -0.05) is 93.6 Å². The van der Waals surface area contributed by atoms with Crippen LogP contribution in [0.4, 0.5) is 5.82 Å². The first-order chi connectivity index (χ1) is 22.5. The Morgan fingerprint density at radius 1 is 0.872 bits per heavy atom. The van der Waals surface area contributed by atoms with Crippen molar-refractivity contribution in [2.45, 2.75) is 68.3 Å². The molecule has 0 saturated carbocycles. The van der Waals surface area contributed by atoms with E-state index in [0.29, 0.717) is 17.0 Å². The lowest BCUT2D eigenvalue weighted by molar-refractivity contribution is -0.0838. The Morgan fingerprint density at radius 3 is 2.04 bits per heavy atom. The fraction of sp³-hybridized carbons (Fsp3) is 0.361. The van der Waals surface area contributed by atoms with Gasteiger partial charge in [0.1, 0.15) is 35.4 Å². The van der Waals surface area contributed by atoms with E-state index >= 15 is 0 Å². The van der Waals surface area contributed by atoms with Gasteiger partial charge in [0.05, 0.1) is 25.4 Å². The second-order valence-corrected chi connectivity index (χ2v) is 18.6. The van der Waals surface area contributed by atoms with Crippen molar-refractivity contribution in [3.63, 3.8) is 0 Å². The number of anilines is 1. The van der Waals surface area contributed by atoms with E-state index in [1.165, 1.54) is 6.33 Å². The summed E-state index contributed by atoms with van der Waals surface area (Å²) in [5.41, 5.74) is 9.11. The molecule has 0 radical (unpaired) electrons. The minimum atomic E-state index is -2.31. The summed E-state index contributed by atoms with van der Waals surface area (Å²) in [6, 6.07) is 28.4. The van der Waals surface area contributed by atoms with Crippen molar-refractivity contribution < 1.29 is 18.6 Å². The van der Waals surface area contributed by atoms with E-state index in [4.69, 9.17) is 36.0 Å². The molecule has 0 aliphatic carbocycles. The molecule has 3 heterocycles. The topological polar surface area (TPSA) is 107 Å². The summed E-state index contributed by atoms with van der Waals surface area (Å²) in [4.78, 5) is 13.1. The summed E-state index contributed by atoms with van der Waals surface area (Å²) in [6.45, 7) is 11.2. The van der Waals surface area contributed by atoms with Gasteiger partial charge >= 0.3 is 0 Å². The van der Waals surface area contributed by atoms with Gasteiger partial charge in [0.25, 0.3) is 0 Å². The molecule has 1 fully saturated rings. The molecular formula is C36H42ClN5O4Si. The van der Waals surface area contributed by atoms with Crippen molar-refractivity contribution in [2.75, 3.05) is 19.5 Å². The summed E-state index contributed by atoms with van der Waals surface area (Å²) in [6.07, 6.45) is 1.42. The Labute approximate surface area is 282 Å². The molecule has 1 aliphatic heterocycles. The van der Waals surface area contributed by atoms with E-state index in [-0.39, 0.29) is 11.6 Å². The first-order valence-corrected chi connectivity index (χ1v) is 19.1. The number of alkyl halides is 1. The van der Waals surface area contributed by atoms with E-state index in [1.807, 2.05) is 65.2 Å². The molecule has 47 heavy (non-hydrogen) atoms. The average Bonchev–Trinajstić information content (AvgIpc) is 3.63. The van der Waals surface area contributed by atoms with Gasteiger partial charge in [-0.2, -0.15) is 0 Å². The third kappa shape index (κ3) is 6.16. The van der Waals surface area contributed by atoms with Crippen LogP contribution in [-0.2, 0) is 19.5 Å². The summed E-state index contributed by atoms with van der Waals surface area (Å²) < 4.78 is 28.4. The van der Waals surface area contributed by atoms with Crippen LogP contribution in [0.2, 0.25) is 18.1 Å². The Balaban J connectivity index is 1.42. The second kappa shape index (κ2) is 13.0. The van der Waals surface area contributed by atoms with E-state index in [9.17, 15) is 0 Å². The summed E-state index contributed by atoms with van der Waals surface area (Å²) in [5, 5.41) is -0.609. The number of aromatic nitrogens is 4. The van der Waals surface area contributed by atoms with Gasteiger partial charge in [0.2, 0.25) is 0 Å². The largest absolute Gasteiger partial charge is 0.497 e. The number of nitrogens with zero attached hydrogens (tertiary/aromatic N) is 4. The van der Waals surface area contributed by atoms with Gasteiger partial charge in [0, 0.05) is 0 Å². The number of benzene rings is 3. The molecule has 1 aliphatic rings. The lowest BCUT2D eigenvalue weighted by Crippen LogP contribution is -2.48. The van der Waals surface area contributed by atoms with Crippen molar-refractivity contribution in [1.82, 2.24) is 19.5 Å². The molecule has 2 N–H and O–H groups in total. The van der Waals surface area contributed by atoms with Crippen LogP contribution in [0.5, 0.6) is 5.75 Å². The first kappa shape index (κ1) is 33.1. The standard InChI is InChI=1S/C36H42ClN5O4Si/c1-35(2,3)47(5,6)46-31-29(37)28(45-34(31)42-23-41-30-32(38)39-22-40-33(30)42)21-44-36(24-13-9-7-10-14-24,25-15-11-8-12-16-25)26-17-19-27(43-4)20-18-26/h7-20,22-23,28-29,31,34H,21H2,1-6H3,(H2,38,39,40)/t28-,29+,31-,34-/m1/s1. The summed E-state index contributed by atoms with van der Waals surface area (Å²) >= 11 is 7.39. The number of hydrogen-bond donors (Lipinski definition) is 1. The van der Waals surface area contributed by atoms with E-state index < -0.39 is 37.7 Å². The number of nitrogens with two attached hydrogens (primary N) is 1. The molecule has 3 aromatic carbocycles. The Kier molecular flexibility index (Phi) is 9.16. The molecule has 11 heteroatoms. The minimum absolute atomic E-state index is 0.0590. The normalized spacial score (nSPS) is 20.5. The highest BCUT2D eigenvalue weighted by Crippen LogP contribution is 2.46. The van der Waals surface area contributed by atoms with Crippen molar-refractivity contribution in [3.05, 3.63) is 114 Å². The predicted octanol–water partition coefficient (Wildman–Crippen LogP) is 7.32. The zero-order valence-electron chi connectivity index (χ0n) is 27.6. The lowest BCUT2D eigenvalue weighted by atomic mass is 9.80. The Bertz CT molecular complexity index is 1760. The number of imidazole rings is 1. The van der Waals surface area contributed by atoms with Gasteiger partial charge in [-0.15, -0.1) is 11.6 Å². The number of methoxy groups -OCH3 is 1. The lowest BCUT2D eigenvalue weighted by Gasteiger charge is -2.40. The fourth-order valence-electron chi connectivity index (χ4n) is 5.88. The monoisotopic (exact) mass is 671 g/mol. The average molecular weight is 672 g/mol. The van der Waals surface area contributed by atoms with Gasteiger partial charge in [-0.05, 0) is 47.0 Å². The van der Waals surface area contributed by atoms with Crippen LogP contribution >= 0.6 is 11.6 Å². The first-order valence-electron chi connectivity index (χ1n) is 15.8. The number of fused-ring (bicyclic) bond motifs is 1. The van der Waals surface area contributed by atoms with Gasteiger partial charge in [-0.25, -0.2) is 15.0 Å². The van der Waals surface area contributed by atoms with Crippen LogP contribution < -0.4 is 10.5 Å². The maximum Gasteiger partial charge on any atom is 0.192 e. The number of halogens is 1. The van der Waals surface area contributed by atoms with Crippen molar-refractivity contribution in [1.29, 1.82) is 0 Å². The quantitative estimate of drug-likeness (QED) is 0.0935. The zero-order chi connectivity index (χ0) is 33.4. The molecule has 6 rings (SSSR count). The fourth-order valence-corrected chi connectivity index (χ4v) is 7.57. The molecule has 246 valence electrons. The number of hydrogen-bond acceptors (Lipinski definition) is 8. The van der Waals surface area contributed by atoms with Crippen LogP contribution in [0.1, 0.15) is 43.7 Å². The molecule has 5 aromatic rings. The highest BCUT2D eigenvalue weighted by molar-refractivity contribution is 6.74. The van der Waals surface area contributed by atoms with Crippen molar-refractivity contribution >= 4 is 36.9 Å². The third-order valence-electron chi connectivity index (χ3n) is 9.48. The third-order valence-corrected chi connectivity index (χ3v) is 14.5. The molecule has 0 bridgehead atoms. The molecule has 1 saturated heterocycles. The van der Waals surface area contributed by atoms with Crippen LogP contribution in [0.25, 0.3) is 11.2 Å². The molecule has 4 atom stereocenters. The summed E-state index contributed by atoms with van der Waals surface area (Å²) in [5.74, 6) is 1.06. The molecule has 0 spiro atoms. The van der Waals surface area contributed by atoms with Crippen molar-refractivity contribution in [3.8, 4) is 5.75 Å². The number of ether oxygens (including phenoxy) is 3. The maximum atomic E-state index is 7.39. The zero-order valence-corrected chi connectivity index (χ0v) is 29.4. The summed E-state index contributed by atoms with van der Waals surface area (Å²) in [7, 11) is -0.648. The molecule has 0 amide bonds. The van der Waals surface area contributed by atoms with Crippen LogP contribution in [0.15, 0.2) is 97.6 Å². The Hall–Kier alpha value is -3.80. The van der Waals surface area contributed by atoms with Gasteiger partial charge in [-0.3, -0.25) is 4.57 Å². The number of rotatable bonds is 10. The van der Waals surface area contributed by atoms with Crippen molar-refractivity contribution in [2.24, 2.45) is 0 Å². The van der Waals surface area contributed by atoms with Crippen LogP contribution in [0, 0.1) is 0 Å². The van der Waals surface area contributed by atoms with Gasteiger partial charge < -0.3 is 24.4 Å². The molecule has 0 unspecified atom stereocenters. The Morgan fingerprint density at radius 2 is 1.47 bits per heavy atom. The SMILES string of the molecule is COc1ccc(C(OC[C@H]2O[C@@H](n3cnc4c(N)ncnc43)[C@H](O[Si](C)(C)C(C)(C)C)[C@H]2Cl)(c2ccccc2)c2ccccc2)cc1. The minimum Gasteiger partial charge on any atom is -0.497 e. The van der Waals surface area contributed by atoms with E-state index in [0.717, 1.165) is 22.4 Å². The van der Waals surface area contributed by atoms with Gasteiger partial charge in [0.15, 0.2) is 26.0 Å². The van der Waals surface area contributed by atoms with Crippen LogP contribution in [0.3, 0.4) is 0 Å². The van der Waals surface area contributed by atoms with E-state index in [1.54, 1.807) is 13.4 Å². The molecular weight excluding hydrogens is 630 g/mol. The molecule has 9 nitrogen and oxygen atoms in total. The maximum absolute atomic E-state index is 7.39.